The molecule has 0 fully saturated rings. The fraction of sp³-hybridized carbons (Fsp3) is 0.200. The Kier molecular flexibility index (Phi) is 6.41. The molecule has 0 unspecified atom stereocenters. The third-order valence-corrected chi connectivity index (χ3v) is 3.88. The number of aromatic nitrogens is 3. The number of esters is 1. The standard InChI is InChI=1S/C20H21N5O4/c1-4-29-19(26)13-5-7-14(8-6-13)22-20-24-18(12-21-25-20)23-16-11-15(27-2)9-10-17(16)28-3/h5-12H,4H2,1-3H3,(H2,22,23,24,25). The summed E-state index contributed by atoms with van der Waals surface area (Å²) in [4.78, 5) is 16.1. The zero-order valence-corrected chi connectivity index (χ0v) is 16.3. The predicted molar refractivity (Wildman–Crippen MR) is 108 cm³/mol. The molecule has 2 N–H and O–H groups in total. The highest BCUT2D eigenvalue weighted by atomic mass is 16.5. The minimum Gasteiger partial charge on any atom is -0.497 e. The smallest absolute Gasteiger partial charge is 0.338 e. The minimum atomic E-state index is -0.365. The molecule has 0 radical (unpaired) electrons. The zero-order valence-electron chi connectivity index (χ0n) is 16.3. The lowest BCUT2D eigenvalue weighted by molar-refractivity contribution is 0.0526. The van der Waals surface area contributed by atoms with Gasteiger partial charge in [0, 0.05) is 11.8 Å². The molecule has 0 aliphatic heterocycles. The normalized spacial score (nSPS) is 10.2. The van der Waals surface area contributed by atoms with Crippen LogP contribution in [-0.2, 0) is 4.74 Å². The van der Waals surface area contributed by atoms with E-state index in [0.717, 1.165) is 0 Å². The summed E-state index contributed by atoms with van der Waals surface area (Å²) in [6.45, 7) is 2.09. The summed E-state index contributed by atoms with van der Waals surface area (Å²) in [5.41, 5.74) is 1.85. The van der Waals surface area contributed by atoms with Crippen LogP contribution in [0.5, 0.6) is 11.5 Å². The summed E-state index contributed by atoms with van der Waals surface area (Å²) in [5, 5.41) is 14.1. The lowest BCUT2D eigenvalue weighted by Gasteiger charge is -2.12. The summed E-state index contributed by atoms with van der Waals surface area (Å²) in [6.07, 6.45) is 1.49. The number of nitrogens with one attached hydrogen (secondary N) is 2. The molecule has 150 valence electrons. The van der Waals surface area contributed by atoms with Crippen molar-refractivity contribution in [2.75, 3.05) is 31.5 Å². The molecule has 2 aromatic carbocycles. The monoisotopic (exact) mass is 395 g/mol. The highest BCUT2D eigenvalue weighted by molar-refractivity contribution is 5.89. The second-order valence-electron chi connectivity index (χ2n) is 5.78. The SMILES string of the molecule is CCOC(=O)c1ccc(Nc2nncc(Nc3cc(OC)ccc3OC)n2)cc1. The van der Waals surface area contributed by atoms with E-state index in [2.05, 4.69) is 25.8 Å². The van der Waals surface area contributed by atoms with Crippen LogP contribution in [0.4, 0.5) is 23.1 Å². The number of ether oxygens (including phenoxy) is 3. The van der Waals surface area contributed by atoms with Crippen LogP contribution in [0.3, 0.4) is 0 Å². The molecular weight excluding hydrogens is 374 g/mol. The molecule has 9 nitrogen and oxygen atoms in total. The van der Waals surface area contributed by atoms with Gasteiger partial charge in [-0.15, -0.1) is 5.10 Å². The molecule has 0 aliphatic carbocycles. The summed E-state index contributed by atoms with van der Waals surface area (Å²) < 4.78 is 15.6. The van der Waals surface area contributed by atoms with E-state index in [9.17, 15) is 4.79 Å². The molecule has 0 atom stereocenters. The molecule has 0 saturated carbocycles. The van der Waals surface area contributed by atoms with Crippen LogP contribution in [0, 0.1) is 0 Å². The van der Waals surface area contributed by atoms with Gasteiger partial charge >= 0.3 is 5.97 Å². The van der Waals surface area contributed by atoms with Crippen molar-refractivity contribution in [3.63, 3.8) is 0 Å². The average molecular weight is 395 g/mol. The van der Waals surface area contributed by atoms with E-state index < -0.39 is 0 Å². The number of benzene rings is 2. The Morgan fingerprint density at radius 3 is 2.52 bits per heavy atom. The van der Waals surface area contributed by atoms with Gasteiger partial charge in [0.1, 0.15) is 11.5 Å². The Morgan fingerprint density at radius 1 is 1.03 bits per heavy atom. The molecule has 0 saturated heterocycles. The van der Waals surface area contributed by atoms with Gasteiger partial charge in [0.2, 0.25) is 5.95 Å². The largest absolute Gasteiger partial charge is 0.497 e. The van der Waals surface area contributed by atoms with Crippen LogP contribution >= 0.6 is 0 Å². The highest BCUT2D eigenvalue weighted by Crippen LogP contribution is 2.31. The van der Waals surface area contributed by atoms with Gasteiger partial charge in [-0.25, -0.2) is 4.79 Å². The maximum atomic E-state index is 11.7. The second-order valence-corrected chi connectivity index (χ2v) is 5.78. The van der Waals surface area contributed by atoms with Gasteiger partial charge in [-0.3, -0.25) is 0 Å². The Hall–Kier alpha value is -3.88. The van der Waals surface area contributed by atoms with E-state index >= 15 is 0 Å². The number of carbonyl (C=O) groups is 1. The van der Waals surface area contributed by atoms with E-state index in [-0.39, 0.29) is 5.97 Å². The van der Waals surface area contributed by atoms with Crippen LogP contribution in [0.2, 0.25) is 0 Å². The zero-order chi connectivity index (χ0) is 20.6. The molecular formula is C20H21N5O4. The highest BCUT2D eigenvalue weighted by Gasteiger charge is 2.09. The third kappa shape index (κ3) is 5.10. The molecule has 3 aromatic rings. The van der Waals surface area contributed by atoms with Crippen molar-refractivity contribution in [3.8, 4) is 11.5 Å². The van der Waals surface area contributed by atoms with Crippen LogP contribution in [-0.4, -0.2) is 42.0 Å². The lowest BCUT2D eigenvalue weighted by atomic mass is 10.2. The molecule has 0 aliphatic rings. The van der Waals surface area contributed by atoms with Gasteiger partial charge in [-0.1, -0.05) is 0 Å². The summed E-state index contributed by atoms with van der Waals surface area (Å²) in [5.74, 6) is 1.71. The number of nitrogens with zero attached hydrogens (tertiary/aromatic N) is 3. The number of rotatable bonds is 8. The van der Waals surface area contributed by atoms with E-state index in [0.29, 0.717) is 46.8 Å². The Bertz CT molecular complexity index is 979. The van der Waals surface area contributed by atoms with Crippen molar-refractivity contribution in [3.05, 3.63) is 54.2 Å². The fourth-order valence-electron chi connectivity index (χ4n) is 2.50. The van der Waals surface area contributed by atoms with Crippen molar-refractivity contribution in [2.24, 2.45) is 0 Å². The third-order valence-electron chi connectivity index (χ3n) is 3.88. The van der Waals surface area contributed by atoms with Crippen molar-refractivity contribution in [1.29, 1.82) is 0 Å². The van der Waals surface area contributed by atoms with Gasteiger partial charge in [0.15, 0.2) is 5.82 Å². The van der Waals surface area contributed by atoms with Crippen molar-refractivity contribution in [1.82, 2.24) is 15.2 Å². The molecule has 0 amide bonds. The van der Waals surface area contributed by atoms with Crippen molar-refractivity contribution >= 4 is 29.1 Å². The molecule has 0 bridgehead atoms. The lowest BCUT2D eigenvalue weighted by Crippen LogP contribution is -2.05. The van der Waals surface area contributed by atoms with E-state index in [4.69, 9.17) is 14.2 Å². The number of hydrogen-bond donors (Lipinski definition) is 2. The Morgan fingerprint density at radius 2 is 1.83 bits per heavy atom. The fourth-order valence-corrected chi connectivity index (χ4v) is 2.50. The Labute approximate surface area is 168 Å². The maximum Gasteiger partial charge on any atom is 0.338 e. The first-order chi connectivity index (χ1) is 14.1. The van der Waals surface area contributed by atoms with Crippen molar-refractivity contribution in [2.45, 2.75) is 6.92 Å². The predicted octanol–water partition coefficient (Wildman–Crippen LogP) is 3.55. The van der Waals surface area contributed by atoms with E-state index in [1.54, 1.807) is 63.6 Å². The Balaban J connectivity index is 1.74. The maximum absolute atomic E-state index is 11.7. The van der Waals surface area contributed by atoms with Crippen LogP contribution in [0.15, 0.2) is 48.7 Å². The molecule has 29 heavy (non-hydrogen) atoms. The number of hydrogen-bond acceptors (Lipinski definition) is 9. The molecule has 0 spiro atoms. The van der Waals surface area contributed by atoms with Gasteiger partial charge < -0.3 is 24.8 Å². The van der Waals surface area contributed by atoms with Crippen LogP contribution < -0.4 is 20.1 Å². The quantitative estimate of drug-likeness (QED) is 0.554. The van der Waals surface area contributed by atoms with Crippen molar-refractivity contribution < 1.29 is 19.0 Å². The minimum absolute atomic E-state index is 0.292. The molecule has 1 aromatic heterocycles. The van der Waals surface area contributed by atoms with Gasteiger partial charge in [0.25, 0.3) is 0 Å². The topological polar surface area (TPSA) is 107 Å². The first-order valence-electron chi connectivity index (χ1n) is 8.86. The summed E-state index contributed by atoms with van der Waals surface area (Å²) in [7, 11) is 3.17. The number of carbonyl (C=O) groups excluding carboxylic acids is 1. The van der Waals surface area contributed by atoms with Gasteiger partial charge in [-0.2, -0.15) is 10.1 Å². The summed E-state index contributed by atoms with van der Waals surface area (Å²) >= 11 is 0. The molecule has 1 heterocycles. The number of anilines is 4. The first kappa shape index (κ1) is 19.9. The second kappa shape index (κ2) is 9.36. The van der Waals surface area contributed by atoms with E-state index in [1.807, 2.05) is 0 Å². The number of methoxy groups -OCH3 is 2. The summed E-state index contributed by atoms with van der Waals surface area (Å²) in [6, 6.07) is 12.2. The molecule has 3 rings (SSSR count). The first-order valence-corrected chi connectivity index (χ1v) is 8.86. The van der Waals surface area contributed by atoms with E-state index in [1.165, 1.54) is 6.20 Å². The molecule has 9 heteroatoms. The van der Waals surface area contributed by atoms with Gasteiger partial charge in [-0.05, 0) is 43.3 Å². The van der Waals surface area contributed by atoms with Gasteiger partial charge in [0.05, 0.1) is 38.3 Å². The van der Waals surface area contributed by atoms with Crippen LogP contribution in [0.25, 0.3) is 0 Å². The average Bonchev–Trinajstić information content (AvgIpc) is 2.74. The van der Waals surface area contributed by atoms with Crippen LogP contribution in [0.1, 0.15) is 17.3 Å².